The molecule has 0 aromatic heterocycles. The van der Waals surface area contributed by atoms with Crippen LogP contribution in [0.5, 0.6) is 11.5 Å². The van der Waals surface area contributed by atoms with E-state index in [-0.39, 0.29) is 49.0 Å². The summed E-state index contributed by atoms with van der Waals surface area (Å²) in [5, 5.41) is 5.64. The number of rotatable bonds is 6. The average Bonchev–Trinajstić information content (AvgIpc) is 2.85. The number of nitrogens with zero attached hydrogens (tertiary/aromatic N) is 1. The topological polar surface area (TPSA) is 106 Å². The van der Waals surface area contributed by atoms with Gasteiger partial charge in [-0.15, -0.1) is 0 Å². The Hall–Kier alpha value is -3.59. The van der Waals surface area contributed by atoms with Gasteiger partial charge in [0.1, 0.15) is 24.2 Å². The first-order valence-corrected chi connectivity index (χ1v) is 11.7. The number of anilines is 1. The molecule has 2 N–H and O–H groups in total. The Morgan fingerprint density at radius 1 is 1.17 bits per heavy atom. The van der Waals surface area contributed by atoms with Gasteiger partial charge in [-0.3, -0.25) is 14.4 Å². The van der Waals surface area contributed by atoms with Crippen molar-refractivity contribution in [3.05, 3.63) is 53.6 Å². The van der Waals surface area contributed by atoms with E-state index in [1.807, 2.05) is 24.3 Å². The van der Waals surface area contributed by atoms with Crippen LogP contribution in [0.2, 0.25) is 0 Å². The van der Waals surface area contributed by atoms with Gasteiger partial charge in [-0.25, -0.2) is 0 Å². The maximum absolute atomic E-state index is 13.2. The number of hydrogen-bond acceptors (Lipinski definition) is 6. The highest BCUT2D eigenvalue weighted by atomic mass is 16.5. The fourth-order valence-corrected chi connectivity index (χ4v) is 4.57. The van der Waals surface area contributed by atoms with Crippen LogP contribution in [0.1, 0.15) is 42.1 Å². The van der Waals surface area contributed by atoms with Crippen molar-refractivity contribution in [2.45, 2.75) is 51.0 Å². The van der Waals surface area contributed by atoms with Crippen molar-refractivity contribution in [1.29, 1.82) is 0 Å². The summed E-state index contributed by atoms with van der Waals surface area (Å²) in [6.07, 6.45) is 0.989. The van der Waals surface area contributed by atoms with Crippen LogP contribution in [0, 0.1) is 0 Å². The second-order valence-electron chi connectivity index (χ2n) is 8.89. The third-order valence-corrected chi connectivity index (χ3v) is 6.37. The second-order valence-corrected chi connectivity index (χ2v) is 8.89. The highest BCUT2D eigenvalue weighted by Crippen LogP contribution is 2.32. The maximum Gasteiger partial charge on any atom is 0.257 e. The normalized spacial score (nSPS) is 21.5. The second kappa shape index (κ2) is 10.8. The molecule has 2 aliphatic heterocycles. The van der Waals surface area contributed by atoms with Gasteiger partial charge in [0.2, 0.25) is 11.8 Å². The van der Waals surface area contributed by atoms with Crippen LogP contribution in [0.4, 0.5) is 5.69 Å². The van der Waals surface area contributed by atoms with Crippen molar-refractivity contribution in [2.75, 3.05) is 26.1 Å². The van der Waals surface area contributed by atoms with Gasteiger partial charge in [0.15, 0.2) is 0 Å². The molecule has 0 bridgehead atoms. The first-order chi connectivity index (χ1) is 16.8. The summed E-state index contributed by atoms with van der Waals surface area (Å²) in [4.78, 5) is 38.9. The SMILES string of the molecule is COc1cccc(CNC(=O)C[C@H]2CC[C@H]3[C@H](COc4ccc(NC(C)=O)cc4C(=O)N3C)O2)c1. The minimum atomic E-state index is -0.350. The van der Waals surface area contributed by atoms with E-state index < -0.39 is 0 Å². The zero-order valence-electron chi connectivity index (χ0n) is 20.2. The van der Waals surface area contributed by atoms with Gasteiger partial charge in [-0.05, 0) is 48.7 Å². The summed E-state index contributed by atoms with van der Waals surface area (Å²) in [6.45, 7) is 2.09. The van der Waals surface area contributed by atoms with Gasteiger partial charge in [-0.2, -0.15) is 0 Å². The Labute approximate surface area is 204 Å². The number of ether oxygens (including phenoxy) is 3. The summed E-state index contributed by atoms with van der Waals surface area (Å²) >= 11 is 0. The van der Waals surface area contributed by atoms with E-state index in [0.29, 0.717) is 36.4 Å². The number of carbonyl (C=O) groups is 3. The zero-order valence-corrected chi connectivity index (χ0v) is 20.2. The molecule has 2 aliphatic rings. The van der Waals surface area contributed by atoms with Gasteiger partial charge < -0.3 is 29.7 Å². The van der Waals surface area contributed by atoms with Gasteiger partial charge in [-0.1, -0.05) is 12.1 Å². The lowest BCUT2D eigenvalue weighted by Gasteiger charge is -2.42. The highest BCUT2D eigenvalue weighted by molar-refractivity contribution is 5.99. The molecular formula is C26H31N3O6. The Balaban J connectivity index is 1.37. The molecule has 9 nitrogen and oxygen atoms in total. The van der Waals surface area contributed by atoms with E-state index in [2.05, 4.69) is 10.6 Å². The summed E-state index contributed by atoms with van der Waals surface area (Å²) < 4.78 is 17.4. The smallest absolute Gasteiger partial charge is 0.257 e. The lowest BCUT2D eigenvalue weighted by atomic mass is 9.94. The minimum absolute atomic E-state index is 0.0942. The van der Waals surface area contributed by atoms with Crippen LogP contribution in [0.25, 0.3) is 0 Å². The molecule has 3 amide bonds. The number of amides is 3. The van der Waals surface area contributed by atoms with Crippen LogP contribution in [-0.4, -0.2) is 61.6 Å². The zero-order chi connectivity index (χ0) is 24.9. The Morgan fingerprint density at radius 3 is 2.77 bits per heavy atom. The van der Waals surface area contributed by atoms with E-state index >= 15 is 0 Å². The molecule has 0 radical (unpaired) electrons. The quantitative estimate of drug-likeness (QED) is 0.657. The lowest BCUT2D eigenvalue weighted by molar-refractivity contribution is -0.134. The molecule has 0 saturated carbocycles. The van der Waals surface area contributed by atoms with Crippen molar-refractivity contribution in [3.8, 4) is 11.5 Å². The van der Waals surface area contributed by atoms with Crippen molar-refractivity contribution in [2.24, 2.45) is 0 Å². The largest absolute Gasteiger partial charge is 0.497 e. The van der Waals surface area contributed by atoms with Crippen LogP contribution in [0.3, 0.4) is 0 Å². The van der Waals surface area contributed by atoms with Gasteiger partial charge >= 0.3 is 0 Å². The number of benzene rings is 2. The van der Waals surface area contributed by atoms with Crippen LogP contribution in [-0.2, 0) is 20.9 Å². The summed E-state index contributed by atoms with van der Waals surface area (Å²) in [7, 11) is 3.36. The van der Waals surface area contributed by atoms with Crippen molar-refractivity contribution < 1.29 is 28.6 Å². The molecule has 2 aromatic rings. The number of likely N-dealkylation sites (N-methyl/N-ethyl adjacent to an activating group) is 1. The molecule has 0 spiro atoms. The van der Waals surface area contributed by atoms with E-state index in [0.717, 1.165) is 11.3 Å². The fourth-order valence-electron chi connectivity index (χ4n) is 4.57. The van der Waals surface area contributed by atoms with E-state index in [1.165, 1.54) is 6.92 Å². The Morgan fingerprint density at radius 2 is 2.00 bits per heavy atom. The van der Waals surface area contributed by atoms with Crippen LogP contribution < -0.4 is 20.1 Å². The van der Waals surface area contributed by atoms with Crippen molar-refractivity contribution in [3.63, 3.8) is 0 Å². The van der Waals surface area contributed by atoms with Gasteiger partial charge in [0, 0.05) is 26.2 Å². The van der Waals surface area contributed by atoms with E-state index in [1.54, 1.807) is 37.3 Å². The van der Waals surface area contributed by atoms with E-state index in [4.69, 9.17) is 14.2 Å². The molecule has 2 aromatic carbocycles. The van der Waals surface area contributed by atoms with Gasteiger partial charge in [0.05, 0.1) is 31.2 Å². The molecule has 0 aliphatic carbocycles. The molecule has 2 heterocycles. The number of hydrogen-bond donors (Lipinski definition) is 2. The predicted molar refractivity (Wildman–Crippen MR) is 129 cm³/mol. The third kappa shape index (κ3) is 5.92. The standard InChI is InChI=1S/C26H31N3O6/c1-16(30)28-18-7-10-23-21(12-18)26(32)29(2)22-9-8-20(35-24(22)15-34-23)13-25(31)27-14-17-5-4-6-19(11-17)33-3/h4-7,10-12,20,22,24H,8-9,13-15H2,1-3H3,(H,27,31)(H,28,30)/t20-,22+,24+/m1/s1. The van der Waals surface area contributed by atoms with Crippen LogP contribution >= 0.6 is 0 Å². The molecule has 9 heteroatoms. The number of methoxy groups -OCH3 is 1. The Kier molecular flexibility index (Phi) is 7.55. The molecule has 1 fully saturated rings. The van der Waals surface area contributed by atoms with E-state index in [9.17, 15) is 14.4 Å². The van der Waals surface area contributed by atoms with Crippen molar-refractivity contribution >= 4 is 23.4 Å². The lowest BCUT2D eigenvalue weighted by Crippen LogP contribution is -2.53. The number of carbonyl (C=O) groups excluding carboxylic acids is 3. The first-order valence-electron chi connectivity index (χ1n) is 11.7. The molecule has 3 atom stereocenters. The third-order valence-electron chi connectivity index (χ3n) is 6.37. The van der Waals surface area contributed by atoms with Gasteiger partial charge in [0.25, 0.3) is 5.91 Å². The molecular weight excluding hydrogens is 450 g/mol. The predicted octanol–water partition coefficient (Wildman–Crippen LogP) is 2.74. The average molecular weight is 482 g/mol. The monoisotopic (exact) mass is 481 g/mol. The molecule has 35 heavy (non-hydrogen) atoms. The summed E-state index contributed by atoms with van der Waals surface area (Å²) in [5.74, 6) is 0.686. The number of nitrogens with one attached hydrogen (secondary N) is 2. The molecule has 1 saturated heterocycles. The van der Waals surface area contributed by atoms with Crippen LogP contribution in [0.15, 0.2) is 42.5 Å². The maximum atomic E-state index is 13.2. The molecule has 4 rings (SSSR count). The van der Waals surface area contributed by atoms with Crippen molar-refractivity contribution in [1.82, 2.24) is 10.2 Å². The summed E-state index contributed by atoms with van der Waals surface area (Å²) in [6, 6.07) is 12.4. The minimum Gasteiger partial charge on any atom is -0.497 e. The molecule has 0 unspecified atom stereocenters. The first kappa shape index (κ1) is 24.5. The molecule has 186 valence electrons. The fraction of sp³-hybridized carbons (Fsp3) is 0.423. The highest BCUT2D eigenvalue weighted by Gasteiger charge is 2.39. The number of fused-ring (bicyclic) bond motifs is 2. The Bertz CT molecular complexity index is 1100. The summed E-state index contributed by atoms with van der Waals surface area (Å²) in [5.41, 5.74) is 1.89.